The Kier molecular flexibility index (Phi) is 7.52. The molecule has 0 bridgehead atoms. The lowest BCUT2D eigenvalue weighted by Gasteiger charge is -2.22. The van der Waals surface area contributed by atoms with Crippen LogP contribution in [-0.2, 0) is 17.6 Å². The van der Waals surface area contributed by atoms with Gasteiger partial charge in [-0.1, -0.05) is 75.2 Å². The number of rotatable bonds is 9. The molecule has 1 N–H and O–H groups in total. The third kappa shape index (κ3) is 5.35. The molecule has 0 amide bonds. The van der Waals surface area contributed by atoms with Gasteiger partial charge < -0.3 is 9.84 Å². The Labute approximate surface area is 150 Å². The molecule has 0 spiro atoms. The first-order valence-electron chi connectivity index (χ1n) is 9.22. The molecular weight excluding hydrogens is 312 g/mol. The summed E-state index contributed by atoms with van der Waals surface area (Å²) in [4.78, 5) is 11.3. The van der Waals surface area contributed by atoms with Crippen molar-refractivity contribution < 1.29 is 14.6 Å². The topological polar surface area (TPSA) is 46.5 Å². The summed E-state index contributed by atoms with van der Waals surface area (Å²) in [6.07, 6.45) is 4.64. The number of hydrogen-bond donors (Lipinski definition) is 1. The highest BCUT2D eigenvalue weighted by atomic mass is 16.7. The lowest BCUT2D eigenvalue weighted by molar-refractivity contribution is 0.0660. The average Bonchev–Trinajstić information content (AvgIpc) is 2.63. The Morgan fingerprint density at radius 1 is 0.960 bits per heavy atom. The van der Waals surface area contributed by atoms with E-state index in [4.69, 9.17) is 4.74 Å². The maximum absolute atomic E-state index is 11.3. The predicted molar refractivity (Wildman–Crippen MR) is 101 cm³/mol. The smallest absolute Gasteiger partial charge is 0.450 e. The molecule has 0 fully saturated rings. The Hall–Kier alpha value is -2.29. The van der Waals surface area contributed by atoms with Gasteiger partial charge in [-0.15, -0.1) is 0 Å². The number of unbranched alkanes of at least 4 members (excludes halogenated alkanes) is 2. The Morgan fingerprint density at radius 3 is 2.28 bits per heavy atom. The summed E-state index contributed by atoms with van der Waals surface area (Å²) < 4.78 is 5.32. The summed E-state index contributed by atoms with van der Waals surface area (Å²) in [6.45, 7) is 4.37. The van der Waals surface area contributed by atoms with E-state index in [2.05, 4.69) is 19.9 Å². The van der Waals surface area contributed by atoms with Gasteiger partial charge in [-0.3, -0.25) is 0 Å². The highest BCUT2D eigenvalue weighted by Crippen LogP contribution is 2.32. The number of aryl methyl sites for hydroxylation is 1. The monoisotopic (exact) mass is 340 g/mol. The van der Waals surface area contributed by atoms with Gasteiger partial charge in [0, 0.05) is 5.56 Å². The molecular formula is C22H28O3. The third-order valence-electron chi connectivity index (χ3n) is 4.49. The summed E-state index contributed by atoms with van der Waals surface area (Å²) in [5, 5.41) is 9.26. The van der Waals surface area contributed by atoms with Gasteiger partial charge in [-0.25, -0.2) is 4.79 Å². The minimum absolute atomic E-state index is 0.577. The second-order valence-corrected chi connectivity index (χ2v) is 6.37. The number of ether oxygens (including phenoxy) is 1. The minimum atomic E-state index is -1.24. The van der Waals surface area contributed by atoms with Crippen LogP contribution in [0.3, 0.4) is 0 Å². The van der Waals surface area contributed by atoms with Gasteiger partial charge in [0.25, 0.3) is 0 Å². The maximum Gasteiger partial charge on any atom is 0.506 e. The third-order valence-corrected chi connectivity index (χ3v) is 4.49. The zero-order valence-electron chi connectivity index (χ0n) is 15.2. The van der Waals surface area contributed by atoms with Gasteiger partial charge in [0.2, 0.25) is 0 Å². The molecule has 1 atom stereocenters. The first-order valence-corrected chi connectivity index (χ1v) is 9.22. The van der Waals surface area contributed by atoms with E-state index in [1.807, 2.05) is 42.5 Å². The van der Waals surface area contributed by atoms with Crippen LogP contribution in [0.4, 0.5) is 4.79 Å². The number of benzene rings is 2. The van der Waals surface area contributed by atoms with Crippen LogP contribution in [0.5, 0.6) is 0 Å². The van der Waals surface area contributed by atoms with E-state index in [-0.39, 0.29) is 0 Å². The first-order chi connectivity index (χ1) is 12.2. The van der Waals surface area contributed by atoms with Crippen molar-refractivity contribution in [2.24, 2.45) is 0 Å². The molecule has 3 heteroatoms. The summed E-state index contributed by atoms with van der Waals surface area (Å²) in [7, 11) is 0. The van der Waals surface area contributed by atoms with Crippen molar-refractivity contribution in [3.63, 3.8) is 0 Å². The predicted octanol–water partition coefficient (Wildman–Crippen LogP) is 6.16. The highest BCUT2D eigenvalue weighted by molar-refractivity contribution is 5.58. The van der Waals surface area contributed by atoms with E-state index < -0.39 is 12.3 Å². The van der Waals surface area contributed by atoms with Crippen LogP contribution in [0.25, 0.3) is 0 Å². The summed E-state index contributed by atoms with van der Waals surface area (Å²) >= 11 is 0. The summed E-state index contributed by atoms with van der Waals surface area (Å²) in [5.41, 5.74) is 4.43. The van der Waals surface area contributed by atoms with Crippen LogP contribution >= 0.6 is 0 Å². The van der Waals surface area contributed by atoms with Gasteiger partial charge in [0.05, 0.1) is 0 Å². The number of carbonyl (C=O) groups is 1. The number of carboxylic acid groups (broad SMARTS) is 1. The van der Waals surface area contributed by atoms with E-state index in [9.17, 15) is 9.90 Å². The molecule has 134 valence electrons. The van der Waals surface area contributed by atoms with Crippen LogP contribution in [0.1, 0.15) is 67.9 Å². The van der Waals surface area contributed by atoms with E-state index >= 15 is 0 Å². The van der Waals surface area contributed by atoms with Crippen molar-refractivity contribution in [2.45, 2.75) is 58.5 Å². The number of hydrogen-bond acceptors (Lipinski definition) is 2. The fourth-order valence-electron chi connectivity index (χ4n) is 3.20. The molecule has 0 aliphatic rings. The molecule has 0 saturated heterocycles. The molecule has 0 aliphatic carbocycles. The second-order valence-electron chi connectivity index (χ2n) is 6.37. The zero-order valence-corrected chi connectivity index (χ0v) is 15.2. The Balaban J connectivity index is 2.49. The van der Waals surface area contributed by atoms with Crippen molar-refractivity contribution in [1.82, 2.24) is 0 Å². The molecule has 0 aromatic heterocycles. The lowest BCUT2D eigenvalue weighted by atomic mass is 9.88. The van der Waals surface area contributed by atoms with Gasteiger partial charge in [0.15, 0.2) is 6.10 Å². The van der Waals surface area contributed by atoms with Crippen LogP contribution in [-0.4, -0.2) is 11.3 Å². The molecule has 0 aliphatic heterocycles. The van der Waals surface area contributed by atoms with Crippen molar-refractivity contribution in [3.05, 3.63) is 70.8 Å². The van der Waals surface area contributed by atoms with E-state index in [1.165, 1.54) is 11.1 Å². The molecule has 2 aromatic carbocycles. The van der Waals surface area contributed by atoms with Crippen molar-refractivity contribution in [1.29, 1.82) is 0 Å². The van der Waals surface area contributed by atoms with Crippen molar-refractivity contribution in [2.75, 3.05) is 0 Å². The fraction of sp³-hybridized carbons (Fsp3) is 0.409. The van der Waals surface area contributed by atoms with Crippen LogP contribution in [0.15, 0.2) is 48.5 Å². The van der Waals surface area contributed by atoms with Gasteiger partial charge in [-0.05, 0) is 42.4 Å². The van der Waals surface area contributed by atoms with Gasteiger partial charge in [0.1, 0.15) is 0 Å². The molecule has 0 heterocycles. The van der Waals surface area contributed by atoms with Crippen LogP contribution < -0.4 is 0 Å². The van der Waals surface area contributed by atoms with Crippen molar-refractivity contribution >= 4 is 6.16 Å². The van der Waals surface area contributed by atoms with Crippen LogP contribution in [0, 0.1) is 0 Å². The van der Waals surface area contributed by atoms with Gasteiger partial charge in [-0.2, -0.15) is 0 Å². The molecule has 3 nitrogen and oxygen atoms in total. The van der Waals surface area contributed by atoms with E-state index in [0.29, 0.717) is 0 Å². The van der Waals surface area contributed by atoms with Crippen LogP contribution in [0.2, 0.25) is 0 Å². The average molecular weight is 340 g/mol. The second kappa shape index (κ2) is 9.87. The van der Waals surface area contributed by atoms with Crippen molar-refractivity contribution in [3.8, 4) is 0 Å². The minimum Gasteiger partial charge on any atom is -0.450 e. The zero-order chi connectivity index (χ0) is 18.1. The standard InChI is InChI=1S/C22H28O3/c1-3-5-11-17-14-10-16-20(19(17)15-6-4-2)21(25-22(23)24)18-12-8-7-9-13-18/h7-10,12-14,16,21H,3-6,11,15H2,1-2H3,(H,23,24). The lowest BCUT2D eigenvalue weighted by Crippen LogP contribution is -2.14. The normalized spacial score (nSPS) is 11.9. The fourth-order valence-corrected chi connectivity index (χ4v) is 3.20. The Bertz CT molecular complexity index is 664. The highest BCUT2D eigenvalue weighted by Gasteiger charge is 2.22. The Morgan fingerprint density at radius 2 is 1.64 bits per heavy atom. The SMILES string of the molecule is CCCCc1cccc(C(OC(=O)O)c2ccccc2)c1CCCC. The largest absolute Gasteiger partial charge is 0.506 e. The molecule has 25 heavy (non-hydrogen) atoms. The van der Waals surface area contributed by atoms with Gasteiger partial charge >= 0.3 is 6.16 Å². The maximum atomic E-state index is 11.3. The molecule has 0 radical (unpaired) electrons. The van der Waals surface area contributed by atoms with E-state index in [0.717, 1.165) is 49.7 Å². The molecule has 2 rings (SSSR count). The van der Waals surface area contributed by atoms with E-state index in [1.54, 1.807) is 0 Å². The molecule has 2 aromatic rings. The quantitative estimate of drug-likeness (QED) is 0.556. The summed E-state index contributed by atoms with van der Waals surface area (Å²) in [6, 6.07) is 15.8. The molecule has 0 saturated carbocycles. The molecule has 1 unspecified atom stereocenters. The first kappa shape index (κ1) is 19.0. The summed E-state index contributed by atoms with van der Waals surface area (Å²) in [5.74, 6) is 0.